The number of primary amides is 1. The van der Waals surface area contributed by atoms with Crippen molar-refractivity contribution in [3.63, 3.8) is 0 Å². The molecular formula is C11H11N3O2. The summed E-state index contributed by atoms with van der Waals surface area (Å²) in [5, 5.41) is 0. The summed E-state index contributed by atoms with van der Waals surface area (Å²) in [6.45, 7) is 0.393. The van der Waals surface area contributed by atoms with Crippen LogP contribution in [0.15, 0.2) is 24.4 Å². The molecule has 82 valence electrons. The third-order valence-corrected chi connectivity index (χ3v) is 2.17. The average molecular weight is 217 g/mol. The molecule has 0 aliphatic heterocycles. The van der Waals surface area contributed by atoms with Crippen LogP contribution in [-0.4, -0.2) is 23.0 Å². The maximum Gasteiger partial charge on any atom is 0.248 e. The van der Waals surface area contributed by atoms with Crippen LogP contribution < -0.4 is 5.73 Å². The van der Waals surface area contributed by atoms with E-state index in [0.29, 0.717) is 17.7 Å². The second-order valence-electron chi connectivity index (χ2n) is 3.36. The Bertz CT molecular complexity index is 540. The maximum absolute atomic E-state index is 11.0. The normalized spacial score (nSPS) is 10.6. The van der Waals surface area contributed by atoms with Gasteiger partial charge in [-0.2, -0.15) is 0 Å². The molecule has 1 aromatic heterocycles. The minimum absolute atomic E-state index is 0.393. The van der Waals surface area contributed by atoms with Gasteiger partial charge in [0.1, 0.15) is 0 Å². The summed E-state index contributed by atoms with van der Waals surface area (Å²) in [6, 6.07) is 4.98. The Morgan fingerprint density at radius 2 is 2.25 bits per heavy atom. The van der Waals surface area contributed by atoms with Crippen LogP contribution in [0.25, 0.3) is 11.0 Å². The van der Waals surface area contributed by atoms with Crippen LogP contribution in [0.2, 0.25) is 0 Å². The number of carbonyl (C=O) groups excluding carboxylic acids is 1. The Kier molecular flexibility index (Phi) is 2.78. The molecule has 0 atom stereocenters. The average Bonchev–Trinajstić information content (AvgIpc) is 2.28. The number of rotatable bonds is 3. The Balaban J connectivity index is 2.52. The summed E-state index contributed by atoms with van der Waals surface area (Å²) in [7, 11) is 1.59. The van der Waals surface area contributed by atoms with Crippen LogP contribution in [0.4, 0.5) is 0 Å². The fourth-order valence-electron chi connectivity index (χ4n) is 1.42. The van der Waals surface area contributed by atoms with Crippen LogP contribution in [-0.2, 0) is 11.3 Å². The Labute approximate surface area is 92.3 Å². The number of nitrogens with zero attached hydrogens (tertiary/aromatic N) is 2. The molecule has 0 radical (unpaired) electrons. The minimum atomic E-state index is -0.471. The summed E-state index contributed by atoms with van der Waals surface area (Å²) >= 11 is 0. The molecule has 1 aromatic carbocycles. The zero-order valence-electron chi connectivity index (χ0n) is 8.80. The quantitative estimate of drug-likeness (QED) is 0.827. The number of amides is 1. The smallest absolute Gasteiger partial charge is 0.248 e. The van der Waals surface area contributed by atoms with Gasteiger partial charge in [-0.3, -0.25) is 9.78 Å². The molecule has 2 rings (SSSR count). The van der Waals surface area contributed by atoms with Crippen molar-refractivity contribution in [3.8, 4) is 0 Å². The molecule has 0 saturated heterocycles. The SMILES string of the molecule is COCc1cnc2ccc(C(N)=O)cc2n1. The van der Waals surface area contributed by atoms with E-state index < -0.39 is 5.91 Å². The molecule has 2 aromatic rings. The van der Waals surface area contributed by atoms with Crippen molar-refractivity contribution < 1.29 is 9.53 Å². The second kappa shape index (κ2) is 4.24. The Morgan fingerprint density at radius 3 is 2.94 bits per heavy atom. The number of nitrogens with two attached hydrogens (primary N) is 1. The first-order valence-electron chi connectivity index (χ1n) is 4.75. The zero-order valence-corrected chi connectivity index (χ0v) is 8.80. The van der Waals surface area contributed by atoms with Gasteiger partial charge in [-0.15, -0.1) is 0 Å². The second-order valence-corrected chi connectivity index (χ2v) is 3.36. The highest BCUT2D eigenvalue weighted by atomic mass is 16.5. The van der Waals surface area contributed by atoms with Crippen LogP contribution in [0, 0.1) is 0 Å². The van der Waals surface area contributed by atoms with Crippen LogP contribution in [0.1, 0.15) is 16.1 Å². The van der Waals surface area contributed by atoms with Gasteiger partial charge in [0, 0.05) is 12.7 Å². The number of methoxy groups -OCH3 is 1. The number of fused-ring (bicyclic) bond motifs is 1. The van der Waals surface area contributed by atoms with E-state index >= 15 is 0 Å². The van der Waals surface area contributed by atoms with E-state index in [2.05, 4.69) is 9.97 Å². The van der Waals surface area contributed by atoms with Gasteiger partial charge in [0.25, 0.3) is 0 Å². The molecule has 16 heavy (non-hydrogen) atoms. The molecule has 0 bridgehead atoms. The lowest BCUT2D eigenvalue weighted by atomic mass is 10.2. The highest BCUT2D eigenvalue weighted by molar-refractivity contribution is 5.96. The molecule has 0 aliphatic carbocycles. The van der Waals surface area contributed by atoms with Crippen molar-refractivity contribution in [1.82, 2.24) is 9.97 Å². The Morgan fingerprint density at radius 1 is 1.44 bits per heavy atom. The monoisotopic (exact) mass is 217 g/mol. The number of hydrogen-bond donors (Lipinski definition) is 1. The first kappa shape index (κ1) is 10.5. The van der Waals surface area contributed by atoms with Crippen LogP contribution in [0.3, 0.4) is 0 Å². The van der Waals surface area contributed by atoms with Gasteiger partial charge in [-0.1, -0.05) is 0 Å². The van der Waals surface area contributed by atoms with Gasteiger partial charge in [0.05, 0.1) is 29.5 Å². The summed E-state index contributed by atoms with van der Waals surface area (Å²) in [5.41, 5.74) is 7.71. The van der Waals surface area contributed by atoms with E-state index in [9.17, 15) is 4.79 Å². The molecular weight excluding hydrogens is 206 g/mol. The number of benzene rings is 1. The summed E-state index contributed by atoms with van der Waals surface area (Å²) < 4.78 is 4.96. The predicted molar refractivity (Wildman–Crippen MR) is 58.8 cm³/mol. The lowest BCUT2D eigenvalue weighted by molar-refractivity contribution is 0.100. The lowest BCUT2D eigenvalue weighted by Gasteiger charge is -2.02. The topological polar surface area (TPSA) is 78.1 Å². The minimum Gasteiger partial charge on any atom is -0.378 e. The van der Waals surface area contributed by atoms with E-state index in [-0.39, 0.29) is 0 Å². The number of aromatic nitrogens is 2. The largest absolute Gasteiger partial charge is 0.378 e. The zero-order chi connectivity index (χ0) is 11.5. The van der Waals surface area contributed by atoms with Crippen molar-refractivity contribution in [2.45, 2.75) is 6.61 Å². The molecule has 1 amide bonds. The molecule has 2 N–H and O–H groups in total. The van der Waals surface area contributed by atoms with E-state index in [1.54, 1.807) is 31.5 Å². The first-order chi connectivity index (χ1) is 7.70. The van der Waals surface area contributed by atoms with Gasteiger partial charge in [0.2, 0.25) is 5.91 Å². The third kappa shape index (κ3) is 1.99. The molecule has 1 heterocycles. The number of hydrogen-bond acceptors (Lipinski definition) is 4. The molecule has 0 aliphatic rings. The summed E-state index contributed by atoms with van der Waals surface area (Å²) in [6.07, 6.45) is 1.65. The van der Waals surface area contributed by atoms with E-state index in [1.807, 2.05) is 0 Å². The maximum atomic E-state index is 11.0. The molecule has 0 unspecified atom stereocenters. The van der Waals surface area contributed by atoms with Crippen molar-refractivity contribution in [2.24, 2.45) is 5.73 Å². The van der Waals surface area contributed by atoms with E-state index in [0.717, 1.165) is 11.2 Å². The summed E-state index contributed by atoms with van der Waals surface area (Å²) in [4.78, 5) is 19.5. The van der Waals surface area contributed by atoms with Crippen molar-refractivity contribution in [1.29, 1.82) is 0 Å². The summed E-state index contributed by atoms with van der Waals surface area (Å²) in [5.74, 6) is -0.471. The van der Waals surface area contributed by atoms with Gasteiger partial charge < -0.3 is 10.5 Å². The molecule has 0 spiro atoms. The number of ether oxygens (including phenoxy) is 1. The van der Waals surface area contributed by atoms with Gasteiger partial charge in [-0.25, -0.2) is 4.98 Å². The molecule has 5 heteroatoms. The highest BCUT2D eigenvalue weighted by Crippen LogP contribution is 2.12. The standard InChI is InChI=1S/C11H11N3O2/c1-16-6-8-5-13-9-3-2-7(11(12)15)4-10(9)14-8/h2-5H,6H2,1H3,(H2,12,15). The van der Waals surface area contributed by atoms with E-state index in [4.69, 9.17) is 10.5 Å². The van der Waals surface area contributed by atoms with Crippen molar-refractivity contribution >= 4 is 16.9 Å². The van der Waals surface area contributed by atoms with Crippen LogP contribution in [0.5, 0.6) is 0 Å². The molecule has 0 fully saturated rings. The number of carbonyl (C=O) groups is 1. The van der Waals surface area contributed by atoms with Gasteiger partial charge in [-0.05, 0) is 18.2 Å². The van der Waals surface area contributed by atoms with Crippen molar-refractivity contribution in [2.75, 3.05) is 7.11 Å². The predicted octanol–water partition coefficient (Wildman–Crippen LogP) is 0.875. The van der Waals surface area contributed by atoms with Crippen LogP contribution >= 0.6 is 0 Å². The molecule has 5 nitrogen and oxygen atoms in total. The Hall–Kier alpha value is -2.01. The van der Waals surface area contributed by atoms with Gasteiger partial charge in [0.15, 0.2) is 0 Å². The fourth-order valence-corrected chi connectivity index (χ4v) is 1.42. The van der Waals surface area contributed by atoms with Gasteiger partial charge >= 0.3 is 0 Å². The third-order valence-electron chi connectivity index (χ3n) is 2.17. The fraction of sp³-hybridized carbons (Fsp3) is 0.182. The van der Waals surface area contributed by atoms with Crippen molar-refractivity contribution in [3.05, 3.63) is 35.7 Å². The first-order valence-corrected chi connectivity index (χ1v) is 4.75. The van der Waals surface area contributed by atoms with E-state index in [1.165, 1.54) is 0 Å². The molecule has 0 saturated carbocycles. The highest BCUT2D eigenvalue weighted by Gasteiger charge is 2.04. The lowest BCUT2D eigenvalue weighted by Crippen LogP contribution is -2.10.